The summed E-state index contributed by atoms with van der Waals surface area (Å²) >= 11 is 0. The highest BCUT2D eigenvalue weighted by Crippen LogP contribution is 2.47. The van der Waals surface area contributed by atoms with Crippen LogP contribution >= 0.6 is 8.16 Å². The lowest BCUT2D eigenvalue weighted by Crippen LogP contribution is -2.27. The summed E-state index contributed by atoms with van der Waals surface area (Å²) in [6.07, 6.45) is 6.90. The van der Waals surface area contributed by atoms with Crippen LogP contribution in [0, 0.1) is 0 Å². The van der Waals surface area contributed by atoms with Crippen LogP contribution in [-0.2, 0) is 6.42 Å². The zero-order chi connectivity index (χ0) is 29.1. The van der Waals surface area contributed by atoms with Crippen LogP contribution in [0.1, 0.15) is 55.1 Å². The van der Waals surface area contributed by atoms with E-state index in [1.807, 2.05) is 12.2 Å². The van der Waals surface area contributed by atoms with Gasteiger partial charge in [-0.2, -0.15) is 4.67 Å². The standard InChI is InChI=1S/C38H36NO2P/c1-5-7-21-33-29(6-2)23-25-35-37(33)38-34-22-15-14-20-32(34)24-26-36(38)41-42(40-35)39(27(3)30-16-10-8-11-17-30)28(4)31-18-12-9-13-19-31/h5,7-28H,1,6H2,2-4H3/b21-7-. The monoisotopic (exact) mass is 569 g/mol. The quantitative estimate of drug-likeness (QED) is 0.171. The van der Waals surface area contributed by atoms with Crippen LogP contribution in [0.3, 0.4) is 0 Å². The fourth-order valence-corrected chi connectivity index (χ4v) is 7.59. The average molecular weight is 570 g/mol. The van der Waals surface area contributed by atoms with Gasteiger partial charge >= 0.3 is 8.16 Å². The maximum absolute atomic E-state index is 7.06. The van der Waals surface area contributed by atoms with Gasteiger partial charge in [0.15, 0.2) is 0 Å². The Morgan fingerprint density at radius 1 is 0.714 bits per heavy atom. The molecule has 1 heterocycles. The second-order valence-corrected chi connectivity index (χ2v) is 11.9. The largest absolute Gasteiger partial charge is 0.408 e. The van der Waals surface area contributed by atoms with E-state index in [9.17, 15) is 0 Å². The zero-order valence-corrected chi connectivity index (χ0v) is 25.3. The number of benzene rings is 5. The number of nitrogens with zero attached hydrogens (tertiary/aromatic N) is 1. The summed E-state index contributed by atoms with van der Waals surface area (Å²) in [5.74, 6) is 0. The smallest absolute Gasteiger partial charge is 0.310 e. The van der Waals surface area contributed by atoms with Crippen molar-refractivity contribution in [3.05, 3.63) is 150 Å². The van der Waals surface area contributed by atoms with E-state index < -0.39 is 8.16 Å². The molecule has 0 aliphatic heterocycles. The maximum Gasteiger partial charge on any atom is 0.310 e. The molecule has 0 radical (unpaired) electrons. The lowest BCUT2D eigenvalue weighted by molar-refractivity contribution is 0.558. The molecule has 0 saturated carbocycles. The Hall–Kier alpha value is -4.30. The van der Waals surface area contributed by atoms with E-state index in [-0.39, 0.29) is 12.1 Å². The molecule has 6 aromatic rings. The highest BCUT2D eigenvalue weighted by Gasteiger charge is 2.29. The van der Waals surface area contributed by atoms with Gasteiger partial charge in [-0.3, -0.25) is 0 Å². The fraction of sp³-hybridized carbons (Fsp3) is 0.158. The number of allylic oxidation sites excluding steroid dienone is 2. The first-order chi connectivity index (χ1) is 20.6. The molecule has 0 aliphatic rings. The van der Waals surface area contributed by atoms with E-state index in [0.29, 0.717) is 0 Å². The first kappa shape index (κ1) is 27.8. The highest BCUT2D eigenvalue weighted by molar-refractivity contribution is 7.39. The van der Waals surface area contributed by atoms with Crippen LogP contribution in [0.2, 0.25) is 0 Å². The summed E-state index contributed by atoms with van der Waals surface area (Å²) < 4.78 is 16.5. The van der Waals surface area contributed by atoms with Crippen molar-refractivity contribution in [3.63, 3.8) is 0 Å². The lowest BCUT2D eigenvalue weighted by Gasteiger charge is -2.31. The predicted molar refractivity (Wildman–Crippen MR) is 180 cm³/mol. The summed E-state index contributed by atoms with van der Waals surface area (Å²) in [7, 11) is -1.57. The first-order valence-corrected chi connectivity index (χ1v) is 15.7. The Kier molecular flexibility index (Phi) is 8.15. The van der Waals surface area contributed by atoms with Crippen LogP contribution in [0.4, 0.5) is 0 Å². The molecule has 0 amide bonds. The molecule has 42 heavy (non-hydrogen) atoms. The normalized spacial score (nSPS) is 13.7. The molecule has 0 spiro atoms. The van der Waals surface area contributed by atoms with Crippen LogP contribution < -0.4 is 4.67 Å². The molecule has 0 aliphatic carbocycles. The van der Waals surface area contributed by atoms with E-state index in [1.165, 1.54) is 22.1 Å². The van der Waals surface area contributed by atoms with Crippen molar-refractivity contribution < 1.29 is 8.39 Å². The molecule has 0 saturated heterocycles. The van der Waals surface area contributed by atoms with Crippen molar-refractivity contribution >= 4 is 47.0 Å². The molecule has 0 fully saturated rings. The average Bonchev–Trinajstić information content (AvgIpc) is 3.21. The van der Waals surface area contributed by atoms with Crippen LogP contribution in [0.25, 0.3) is 38.8 Å². The van der Waals surface area contributed by atoms with Gasteiger partial charge in [-0.1, -0.05) is 129 Å². The Morgan fingerprint density at radius 2 is 1.29 bits per heavy atom. The van der Waals surface area contributed by atoms with Gasteiger partial charge in [0.2, 0.25) is 0 Å². The number of aryl methyl sites for hydroxylation is 1. The third-order valence-corrected chi connectivity index (χ3v) is 9.89. The molecule has 3 unspecified atom stereocenters. The topological polar surface area (TPSA) is 29.5 Å². The fourth-order valence-electron chi connectivity index (χ4n) is 5.89. The molecule has 5 aromatic carbocycles. The second kappa shape index (κ2) is 12.3. The molecule has 0 N–H and O–H groups in total. The summed E-state index contributed by atoms with van der Waals surface area (Å²) in [5, 5.41) is 4.47. The van der Waals surface area contributed by atoms with E-state index in [2.05, 4.69) is 147 Å². The van der Waals surface area contributed by atoms with Gasteiger partial charge in [-0.25, -0.2) is 0 Å². The molecule has 1 aromatic heterocycles. The van der Waals surface area contributed by atoms with E-state index >= 15 is 0 Å². The Labute approximate surface area is 249 Å². The number of rotatable bonds is 8. The molecular weight excluding hydrogens is 533 g/mol. The minimum absolute atomic E-state index is 0.0352. The second-order valence-electron chi connectivity index (χ2n) is 10.6. The van der Waals surface area contributed by atoms with E-state index in [0.717, 1.165) is 39.3 Å². The van der Waals surface area contributed by atoms with Crippen molar-refractivity contribution in [1.82, 2.24) is 0 Å². The van der Waals surface area contributed by atoms with Crippen molar-refractivity contribution in [3.8, 4) is 0 Å². The van der Waals surface area contributed by atoms with Crippen molar-refractivity contribution in [1.29, 1.82) is 0 Å². The van der Waals surface area contributed by atoms with Crippen molar-refractivity contribution in [2.45, 2.75) is 39.3 Å². The van der Waals surface area contributed by atoms with Gasteiger partial charge in [-0.15, -0.1) is 0 Å². The van der Waals surface area contributed by atoms with Crippen molar-refractivity contribution in [2.75, 3.05) is 4.67 Å². The molecule has 3 nitrogen and oxygen atoms in total. The van der Waals surface area contributed by atoms with Gasteiger partial charge in [-0.05, 0) is 65.4 Å². The van der Waals surface area contributed by atoms with Crippen LogP contribution in [-0.4, -0.2) is 0 Å². The molecule has 0 bridgehead atoms. The molecular formula is C38H36NO2P. The van der Waals surface area contributed by atoms with Gasteiger partial charge < -0.3 is 8.39 Å². The number of hydrogen-bond acceptors (Lipinski definition) is 3. The molecule has 210 valence electrons. The van der Waals surface area contributed by atoms with E-state index in [1.54, 1.807) is 0 Å². The molecule has 4 heteroatoms. The first-order valence-electron chi connectivity index (χ1n) is 14.6. The number of fused-ring (bicyclic) bond motifs is 5. The van der Waals surface area contributed by atoms with Gasteiger partial charge in [0.25, 0.3) is 0 Å². The van der Waals surface area contributed by atoms with Gasteiger partial charge in [0.05, 0.1) is 0 Å². The van der Waals surface area contributed by atoms with E-state index in [4.69, 9.17) is 8.39 Å². The minimum atomic E-state index is -1.57. The van der Waals surface area contributed by atoms with Gasteiger partial charge in [0.1, 0.15) is 11.2 Å². The minimum Gasteiger partial charge on any atom is -0.408 e. The Balaban J connectivity index is 1.74. The summed E-state index contributed by atoms with van der Waals surface area (Å²) in [6.45, 7) is 10.6. The summed E-state index contributed by atoms with van der Waals surface area (Å²) in [4.78, 5) is 0. The third kappa shape index (κ3) is 5.23. The van der Waals surface area contributed by atoms with Crippen molar-refractivity contribution in [2.24, 2.45) is 0 Å². The Morgan fingerprint density at radius 3 is 1.90 bits per heavy atom. The zero-order valence-electron chi connectivity index (χ0n) is 24.4. The van der Waals surface area contributed by atoms with Crippen LogP contribution in [0.15, 0.2) is 136 Å². The SMILES string of the molecule is C=C/C=C\c1c(CC)ccc2op(N(C(C)c3ccccc3)C(C)c3ccccc3)oc3ccc4ccccc4c3c12. The number of hydrogen-bond donors (Lipinski definition) is 0. The predicted octanol–water partition coefficient (Wildman–Crippen LogP) is 11.7. The highest BCUT2D eigenvalue weighted by atomic mass is 31.1. The maximum atomic E-state index is 7.06. The Bertz CT molecular complexity index is 1880. The summed E-state index contributed by atoms with van der Waals surface area (Å²) in [5.41, 5.74) is 6.51. The molecule has 6 rings (SSSR count). The lowest BCUT2D eigenvalue weighted by atomic mass is 9.95. The summed E-state index contributed by atoms with van der Waals surface area (Å²) in [6, 6.07) is 38.4. The van der Waals surface area contributed by atoms with Crippen LogP contribution in [0.5, 0.6) is 0 Å². The third-order valence-electron chi connectivity index (χ3n) is 8.12. The van der Waals surface area contributed by atoms with Gasteiger partial charge in [0, 0.05) is 22.9 Å². The molecule has 3 atom stereocenters.